The van der Waals surface area contributed by atoms with Crippen molar-refractivity contribution in [3.05, 3.63) is 62.6 Å². The number of carbonyl (C=O) groups is 1. The summed E-state index contributed by atoms with van der Waals surface area (Å²) in [5, 5.41) is 24.2. The number of hydrogen-bond acceptors (Lipinski definition) is 7. The van der Waals surface area contributed by atoms with Crippen LogP contribution in [0, 0.1) is 10.1 Å². The van der Waals surface area contributed by atoms with Crippen molar-refractivity contribution in [2.75, 3.05) is 5.32 Å². The maximum absolute atomic E-state index is 12.5. The van der Waals surface area contributed by atoms with Gasteiger partial charge in [0.1, 0.15) is 11.5 Å². The lowest BCUT2D eigenvalue weighted by molar-refractivity contribution is -0.383. The molecule has 8 nitrogen and oxygen atoms in total. The summed E-state index contributed by atoms with van der Waals surface area (Å²) in [5.41, 5.74) is 0.0382. The summed E-state index contributed by atoms with van der Waals surface area (Å²) in [4.78, 5) is 24.2. The first kappa shape index (κ1) is 19.1. The number of hydrogen-bond donors (Lipinski definition) is 1. The van der Waals surface area contributed by atoms with Crippen LogP contribution in [0.3, 0.4) is 0 Å². The normalized spacial score (nSPS) is 11.9. The lowest BCUT2D eigenvalue weighted by Gasteiger charge is -2.11. The number of thiophene rings is 1. The molecule has 0 unspecified atom stereocenters. The first-order valence-corrected chi connectivity index (χ1v) is 9.83. The van der Waals surface area contributed by atoms with E-state index in [9.17, 15) is 14.9 Å². The van der Waals surface area contributed by atoms with E-state index < -0.39 is 10.2 Å². The molecule has 0 fully saturated rings. The minimum absolute atomic E-state index is 0.139. The topological polar surface area (TPSA) is 103 Å². The Morgan fingerprint density at radius 1 is 1.33 bits per heavy atom. The summed E-state index contributed by atoms with van der Waals surface area (Å²) in [6.07, 6.45) is 0.679. The first-order valence-electron chi connectivity index (χ1n) is 8.07. The number of nitrogens with zero attached hydrogens (tertiary/aromatic N) is 4. The first-order chi connectivity index (χ1) is 13.0. The predicted octanol–water partition coefficient (Wildman–Crippen LogP) is 3.49. The molecule has 140 valence electrons. The Balaban J connectivity index is 1.67. The monoisotopic (exact) mass is 403 g/mol. The van der Waals surface area contributed by atoms with Crippen LogP contribution in [0.25, 0.3) is 0 Å². The molecule has 3 aromatic rings. The number of para-hydroxylation sites is 2. The van der Waals surface area contributed by atoms with Crippen LogP contribution in [0.2, 0.25) is 0 Å². The van der Waals surface area contributed by atoms with E-state index in [4.69, 9.17) is 0 Å². The summed E-state index contributed by atoms with van der Waals surface area (Å²) >= 11 is 2.91. The lowest BCUT2D eigenvalue weighted by atomic mass is 10.2. The number of amides is 1. The van der Waals surface area contributed by atoms with E-state index in [0.29, 0.717) is 11.6 Å². The van der Waals surface area contributed by atoms with Crippen LogP contribution in [0.15, 0.2) is 46.9 Å². The highest BCUT2D eigenvalue weighted by Gasteiger charge is 2.22. The van der Waals surface area contributed by atoms with Crippen LogP contribution < -0.4 is 5.32 Å². The molecular weight excluding hydrogens is 386 g/mol. The molecule has 0 saturated carbocycles. The summed E-state index contributed by atoms with van der Waals surface area (Å²) < 4.78 is 1.86. The molecule has 2 heterocycles. The van der Waals surface area contributed by atoms with Crippen molar-refractivity contribution in [2.24, 2.45) is 7.05 Å². The van der Waals surface area contributed by atoms with Crippen LogP contribution in [0.5, 0.6) is 0 Å². The van der Waals surface area contributed by atoms with Gasteiger partial charge in [-0.3, -0.25) is 14.9 Å². The molecule has 0 aliphatic heterocycles. The van der Waals surface area contributed by atoms with Crippen molar-refractivity contribution in [3.8, 4) is 0 Å². The van der Waals surface area contributed by atoms with Gasteiger partial charge < -0.3 is 9.88 Å². The van der Waals surface area contributed by atoms with Gasteiger partial charge in [0.2, 0.25) is 5.91 Å². The van der Waals surface area contributed by atoms with Crippen LogP contribution in [0.1, 0.15) is 17.6 Å². The fourth-order valence-electron chi connectivity index (χ4n) is 2.36. The quantitative estimate of drug-likeness (QED) is 0.368. The largest absolute Gasteiger partial charge is 0.319 e. The van der Waals surface area contributed by atoms with Crippen molar-refractivity contribution in [1.82, 2.24) is 14.8 Å². The molecule has 0 radical (unpaired) electrons. The fourth-order valence-corrected chi connectivity index (χ4v) is 3.89. The number of rotatable bonds is 7. The van der Waals surface area contributed by atoms with Gasteiger partial charge in [-0.25, -0.2) is 0 Å². The van der Waals surface area contributed by atoms with Gasteiger partial charge in [-0.1, -0.05) is 30.0 Å². The van der Waals surface area contributed by atoms with Crippen molar-refractivity contribution in [2.45, 2.75) is 23.8 Å². The number of thioether (sulfide) groups is 1. The van der Waals surface area contributed by atoms with Crippen LogP contribution in [0.4, 0.5) is 11.4 Å². The van der Waals surface area contributed by atoms with Gasteiger partial charge in [0.05, 0.1) is 10.2 Å². The van der Waals surface area contributed by atoms with Crippen molar-refractivity contribution >= 4 is 40.4 Å². The van der Waals surface area contributed by atoms with E-state index in [-0.39, 0.29) is 17.3 Å². The molecule has 1 aromatic carbocycles. The van der Waals surface area contributed by atoms with Crippen LogP contribution in [-0.4, -0.2) is 30.8 Å². The van der Waals surface area contributed by atoms with Gasteiger partial charge in [0, 0.05) is 24.4 Å². The maximum atomic E-state index is 12.5. The number of nitrogens with one attached hydrogen (secondary N) is 1. The number of nitro benzene ring substituents is 1. The highest BCUT2D eigenvalue weighted by Crippen LogP contribution is 2.27. The number of benzene rings is 1. The molecule has 1 amide bonds. The molecule has 27 heavy (non-hydrogen) atoms. The van der Waals surface area contributed by atoms with Crippen molar-refractivity contribution in [1.29, 1.82) is 0 Å². The number of carbonyl (C=O) groups excluding carboxylic acids is 1. The summed E-state index contributed by atoms with van der Waals surface area (Å²) in [7, 11) is 1.86. The Hall–Kier alpha value is -2.72. The lowest BCUT2D eigenvalue weighted by Crippen LogP contribution is -2.23. The minimum Gasteiger partial charge on any atom is -0.319 e. The Kier molecular flexibility index (Phi) is 5.87. The second-order valence-electron chi connectivity index (χ2n) is 5.74. The molecule has 10 heteroatoms. The van der Waals surface area contributed by atoms with Crippen LogP contribution >= 0.6 is 23.1 Å². The molecule has 0 bridgehead atoms. The average Bonchev–Trinajstić information content (AvgIpc) is 3.27. The van der Waals surface area contributed by atoms with E-state index in [1.54, 1.807) is 30.4 Å². The Morgan fingerprint density at radius 2 is 2.11 bits per heavy atom. The third kappa shape index (κ3) is 4.52. The predicted molar refractivity (Wildman–Crippen MR) is 105 cm³/mol. The van der Waals surface area contributed by atoms with Crippen molar-refractivity contribution < 1.29 is 9.72 Å². The minimum atomic E-state index is -0.521. The molecular formula is C17H17N5O3S2. The highest BCUT2D eigenvalue weighted by molar-refractivity contribution is 8.00. The van der Waals surface area contributed by atoms with Gasteiger partial charge in [-0.15, -0.1) is 21.5 Å². The second kappa shape index (κ2) is 8.31. The molecule has 1 N–H and O–H groups in total. The van der Waals surface area contributed by atoms with E-state index >= 15 is 0 Å². The molecule has 0 aliphatic carbocycles. The van der Waals surface area contributed by atoms with Gasteiger partial charge in [-0.2, -0.15) is 0 Å². The van der Waals surface area contributed by atoms with Gasteiger partial charge in [0.15, 0.2) is 5.16 Å². The Bertz CT molecular complexity index is 955. The second-order valence-corrected chi connectivity index (χ2v) is 8.08. The Morgan fingerprint density at radius 3 is 2.81 bits per heavy atom. The SMILES string of the molecule is C[C@H](Sc1nnc(Cc2cccs2)n1C)C(=O)Nc1ccccc1[N+](=O)[O-]. The van der Waals surface area contributed by atoms with E-state index in [0.717, 1.165) is 5.82 Å². The smallest absolute Gasteiger partial charge is 0.292 e. The summed E-state index contributed by atoms with van der Waals surface area (Å²) in [6, 6.07) is 10.1. The molecule has 0 saturated heterocycles. The number of anilines is 1. The fraction of sp³-hybridized carbons (Fsp3) is 0.235. The highest BCUT2D eigenvalue weighted by atomic mass is 32.2. The van der Waals surface area contributed by atoms with Gasteiger partial charge in [-0.05, 0) is 24.4 Å². The molecule has 0 spiro atoms. The number of aromatic nitrogens is 3. The molecule has 3 rings (SSSR count). The van der Waals surface area contributed by atoms with Gasteiger partial charge >= 0.3 is 0 Å². The zero-order valence-electron chi connectivity index (χ0n) is 14.7. The summed E-state index contributed by atoms with van der Waals surface area (Å²) in [6.45, 7) is 1.72. The molecule has 1 atom stereocenters. The average molecular weight is 403 g/mol. The third-order valence-electron chi connectivity index (χ3n) is 3.85. The third-order valence-corrected chi connectivity index (χ3v) is 5.86. The zero-order valence-corrected chi connectivity index (χ0v) is 16.3. The standard InChI is InChI=1S/C17H17N5O3S2/c1-11(16(23)18-13-7-3-4-8-14(13)22(24)25)27-17-20-19-15(21(17)2)10-12-6-5-9-26-12/h3-9,11H,10H2,1-2H3,(H,18,23)/t11-/m0/s1. The maximum Gasteiger partial charge on any atom is 0.292 e. The summed E-state index contributed by atoms with van der Waals surface area (Å²) in [5.74, 6) is 0.475. The van der Waals surface area contributed by atoms with E-state index in [1.807, 2.05) is 29.1 Å². The van der Waals surface area contributed by atoms with Gasteiger partial charge in [0.25, 0.3) is 5.69 Å². The Labute approximate surface area is 163 Å². The van der Waals surface area contributed by atoms with Crippen LogP contribution in [-0.2, 0) is 18.3 Å². The molecule has 2 aromatic heterocycles. The van der Waals surface area contributed by atoms with E-state index in [2.05, 4.69) is 15.5 Å². The molecule has 0 aliphatic rings. The van der Waals surface area contributed by atoms with Crippen molar-refractivity contribution in [3.63, 3.8) is 0 Å². The van der Waals surface area contributed by atoms with E-state index in [1.165, 1.54) is 28.8 Å². The number of nitro groups is 1. The zero-order chi connectivity index (χ0) is 19.4.